The molecule has 1 unspecified atom stereocenters. The zero-order chi connectivity index (χ0) is 17.0. The van der Waals surface area contributed by atoms with Crippen LogP contribution in [-0.4, -0.2) is 21.7 Å². The van der Waals surface area contributed by atoms with E-state index < -0.39 is 0 Å². The molecule has 4 fully saturated rings. The maximum absolute atomic E-state index is 12.9. The van der Waals surface area contributed by atoms with Crippen LogP contribution in [0.5, 0.6) is 0 Å². The van der Waals surface area contributed by atoms with Gasteiger partial charge in [0.05, 0.1) is 15.5 Å². The van der Waals surface area contributed by atoms with Gasteiger partial charge in [-0.3, -0.25) is 4.79 Å². The summed E-state index contributed by atoms with van der Waals surface area (Å²) < 4.78 is 2.19. The molecule has 1 aromatic carbocycles. The first-order chi connectivity index (χ1) is 12.1. The van der Waals surface area contributed by atoms with E-state index in [1.54, 1.807) is 23.1 Å². The highest BCUT2D eigenvalue weighted by Crippen LogP contribution is 2.55. The number of benzene rings is 1. The lowest BCUT2D eigenvalue weighted by atomic mass is 9.53. The first-order valence-electron chi connectivity index (χ1n) is 9.43. The van der Waals surface area contributed by atoms with E-state index in [9.17, 15) is 4.79 Å². The monoisotopic (exact) mass is 372 g/mol. The van der Waals surface area contributed by atoms with Crippen molar-refractivity contribution in [1.29, 1.82) is 0 Å². The average molecular weight is 373 g/mol. The van der Waals surface area contributed by atoms with Crippen molar-refractivity contribution in [3.63, 3.8) is 0 Å². The predicted molar refractivity (Wildman–Crippen MR) is 104 cm³/mol. The largest absolute Gasteiger partial charge is 0.350 e. The number of thioether (sulfide) groups is 1. The molecule has 4 bridgehead atoms. The second kappa shape index (κ2) is 5.98. The van der Waals surface area contributed by atoms with Crippen LogP contribution in [0, 0.1) is 17.8 Å². The highest BCUT2D eigenvalue weighted by atomic mass is 32.2. The van der Waals surface area contributed by atoms with E-state index in [1.807, 2.05) is 25.1 Å². The van der Waals surface area contributed by atoms with Gasteiger partial charge in [-0.05, 0) is 75.3 Å². The number of nitrogens with zero attached hydrogens (tertiary/aromatic N) is 1. The second-order valence-corrected chi connectivity index (χ2v) is 11.0. The molecule has 1 aromatic heterocycles. The molecule has 4 saturated carbocycles. The summed E-state index contributed by atoms with van der Waals surface area (Å²) >= 11 is 3.29. The Labute approximate surface area is 157 Å². The molecule has 5 heteroatoms. The number of aromatic nitrogens is 1. The molecule has 0 aliphatic heterocycles. The number of hydrogen-bond acceptors (Lipinski definition) is 4. The van der Waals surface area contributed by atoms with Crippen molar-refractivity contribution in [2.45, 2.75) is 60.6 Å². The Morgan fingerprint density at radius 1 is 1.20 bits per heavy atom. The van der Waals surface area contributed by atoms with Crippen LogP contribution < -0.4 is 5.32 Å². The lowest BCUT2D eigenvalue weighted by Crippen LogP contribution is -2.60. The van der Waals surface area contributed by atoms with Gasteiger partial charge in [0.25, 0.3) is 0 Å². The molecule has 25 heavy (non-hydrogen) atoms. The molecule has 6 rings (SSSR count). The van der Waals surface area contributed by atoms with Gasteiger partial charge >= 0.3 is 0 Å². The third-order valence-electron chi connectivity index (χ3n) is 6.35. The molecule has 0 spiro atoms. The van der Waals surface area contributed by atoms with Gasteiger partial charge in [-0.1, -0.05) is 23.9 Å². The number of hydrogen-bond donors (Lipinski definition) is 1. The van der Waals surface area contributed by atoms with Crippen molar-refractivity contribution in [2.75, 3.05) is 0 Å². The summed E-state index contributed by atoms with van der Waals surface area (Å²) in [7, 11) is 0. The summed E-state index contributed by atoms with van der Waals surface area (Å²) in [5.41, 5.74) is 1.14. The van der Waals surface area contributed by atoms with Crippen LogP contribution in [0.2, 0.25) is 0 Å². The fourth-order valence-electron chi connectivity index (χ4n) is 5.73. The smallest absolute Gasteiger partial charge is 0.233 e. The minimum atomic E-state index is -0.0893. The molecule has 132 valence electrons. The third-order valence-corrected chi connectivity index (χ3v) is 8.58. The maximum atomic E-state index is 12.9. The number of amides is 1. The molecule has 4 aliphatic carbocycles. The van der Waals surface area contributed by atoms with Crippen LogP contribution >= 0.6 is 23.1 Å². The quantitative estimate of drug-likeness (QED) is 0.779. The fraction of sp³-hybridized carbons (Fsp3) is 0.600. The Hall–Kier alpha value is -1.07. The van der Waals surface area contributed by atoms with E-state index >= 15 is 0 Å². The van der Waals surface area contributed by atoms with Crippen molar-refractivity contribution in [3.8, 4) is 0 Å². The van der Waals surface area contributed by atoms with Gasteiger partial charge in [0.15, 0.2) is 4.34 Å². The van der Waals surface area contributed by atoms with Crippen LogP contribution in [-0.2, 0) is 4.79 Å². The highest BCUT2D eigenvalue weighted by molar-refractivity contribution is 8.02. The van der Waals surface area contributed by atoms with Crippen LogP contribution in [0.3, 0.4) is 0 Å². The average Bonchev–Trinajstić information content (AvgIpc) is 2.95. The van der Waals surface area contributed by atoms with Crippen molar-refractivity contribution in [3.05, 3.63) is 24.3 Å². The van der Waals surface area contributed by atoms with E-state index in [0.717, 1.165) is 27.6 Å². The molecule has 0 radical (unpaired) electrons. The molecule has 1 heterocycles. The Morgan fingerprint density at radius 3 is 2.48 bits per heavy atom. The Morgan fingerprint density at radius 2 is 1.84 bits per heavy atom. The molecule has 3 nitrogen and oxygen atoms in total. The van der Waals surface area contributed by atoms with Crippen LogP contribution in [0.15, 0.2) is 28.6 Å². The molecule has 4 aliphatic rings. The first-order valence-corrected chi connectivity index (χ1v) is 11.1. The number of thiazole rings is 1. The number of carbonyl (C=O) groups is 1. The number of fused-ring (bicyclic) bond motifs is 1. The molecule has 1 amide bonds. The van der Waals surface area contributed by atoms with Crippen LogP contribution in [0.1, 0.15) is 45.4 Å². The SMILES string of the molecule is CC(Sc1nc2ccccc2s1)C(=O)NC12CC3CC(CC(C3)C1)C2. The molecule has 1 atom stereocenters. The minimum Gasteiger partial charge on any atom is -0.350 e. The van der Waals surface area contributed by atoms with Gasteiger partial charge < -0.3 is 5.32 Å². The summed E-state index contributed by atoms with van der Waals surface area (Å²) in [6.45, 7) is 2.02. The zero-order valence-corrected chi connectivity index (χ0v) is 16.2. The van der Waals surface area contributed by atoms with Gasteiger partial charge in [-0.25, -0.2) is 4.98 Å². The van der Waals surface area contributed by atoms with E-state index in [0.29, 0.717) is 0 Å². The van der Waals surface area contributed by atoms with Crippen molar-refractivity contribution < 1.29 is 4.79 Å². The standard InChI is InChI=1S/C20H24N2OS2/c1-12(24-19-21-16-4-2-3-5-17(16)25-19)18(23)22-20-9-13-6-14(10-20)8-15(7-13)11-20/h2-5,12-15H,6-11H2,1H3,(H,22,23). The zero-order valence-electron chi connectivity index (χ0n) is 14.5. The summed E-state index contributed by atoms with van der Waals surface area (Å²) in [4.78, 5) is 17.6. The number of rotatable bonds is 4. The normalized spacial score (nSPS) is 34.4. The number of para-hydroxylation sites is 1. The van der Waals surface area contributed by atoms with Crippen LogP contribution in [0.4, 0.5) is 0 Å². The Bertz CT molecular complexity index is 747. The first kappa shape index (κ1) is 16.1. The third kappa shape index (κ3) is 2.99. The van der Waals surface area contributed by atoms with Crippen molar-refractivity contribution >= 4 is 39.2 Å². The van der Waals surface area contributed by atoms with Crippen molar-refractivity contribution in [1.82, 2.24) is 10.3 Å². The van der Waals surface area contributed by atoms with Gasteiger partial charge in [0.2, 0.25) is 5.91 Å². The minimum absolute atomic E-state index is 0.0893. The van der Waals surface area contributed by atoms with Gasteiger partial charge in [-0.2, -0.15) is 0 Å². The molecular weight excluding hydrogens is 348 g/mol. The van der Waals surface area contributed by atoms with Crippen LogP contribution in [0.25, 0.3) is 10.2 Å². The van der Waals surface area contributed by atoms with Gasteiger partial charge in [0.1, 0.15) is 0 Å². The van der Waals surface area contributed by atoms with E-state index in [4.69, 9.17) is 0 Å². The molecule has 1 N–H and O–H groups in total. The lowest BCUT2D eigenvalue weighted by molar-refractivity contribution is -0.126. The summed E-state index contributed by atoms with van der Waals surface area (Å²) in [5.74, 6) is 2.78. The Kier molecular flexibility index (Phi) is 3.86. The number of carbonyl (C=O) groups excluding carboxylic acids is 1. The summed E-state index contributed by atoms with van der Waals surface area (Å²) in [5, 5.41) is 3.41. The predicted octanol–water partition coefficient (Wildman–Crippen LogP) is 4.86. The van der Waals surface area contributed by atoms with E-state index in [1.165, 1.54) is 43.2 Å². The molecule has 0 saturated heterocycles. The highest BCUT2D eigenvalue weighted by Gasteiger charge is 2.51. The Balaban J connectivity index is 1.27. The summed E-state index contributed by atoms with van der Waals surface area (Å²) in [6, 6.07) is 8.19. The topological polar surface area (TPSA) is 42.0 Å². The number of nitrogens with one attached hydrogen (secondary N) is 1. The fourth-order valence-corrected chi connectivity index (χ4v) is 7.94. The van der Waals surface area contributed by atoms with E-state index in [-0.39, 0.29) is 16.7 Å². The maximum Gasteiger partial charge on any atom is 0.233 e. The van der Waals surface area contributed by atoms with Gasteiger partial charge in [0, 0.05) is 5.54 Å². The lowest BCUT2D eigenvalue weighted by Gasteiger charge is -2.57. The molecular formula is C20H24N2OS2. The second-order valence-electron chi connectivity index (χ2n) is 8.39. The molecule has 2 aromatic rings. The van der Waals surface area contributed by atoms with Crippen molar-refractivity contribution in [2.24, 2.45) is 17.8 Å². The summed E-state index contributed by atoms with van der Waals surface area (Å²) in [6.07, 6.45) is 7.86. The van der Waals surface area contributed by atoms with E-state index in [2.05, 4.69) is 16.4 Å². The van der Waals surface area contributed by atoms with Gasteiger partial charge in [-0.15, -0.1) is 11.3 Å².